The number of carbonyl (C=O) groups is 2. The minimum Gasteiger partial charge on any atom is -0.449 e. The summed E-state index contributed by atoms with van der Waals surface area (Å²) in [5, 5.41) is 0. The van der Waals surface area contributed by atoms with Gasteiger partial charge in [0.2, 0.25) is 10.0 Å². The molecule has 28 heavy (non-hydrogen) atoms. The molecule has 1 atom stereocenters. The number of likely N-dealkylation sites (tertiary alicyclic amines) is 1. The zero-order valence-corrected chi connectivity index (χ0v) is 17.9. The van der Waals surface area contributed by atoms with Gasteiger partial charge in [-0.15, -0.1) is 0 Å². The monoisotopic (exact) mass is 410 g/mol. The van der Waals surface area contributed by atoms with E-state index in [0.717, 1.165) is 12.8 Å². The van der Waals surface area contributed by atoms with Gasteiger partial charge in [-0.3, -0.25) is 4.79 Å². The van der Waals surface area contributed by atoms with Gasteiger partial charge in [0.25, 0.3) is 5.91 Å². The van der Waals surface area contributed by atoms with Gasteiger partial charge in [0.05, 0.1) is 10.5 Å². The van der Waals surface area contributed by atoms with Gasteiger partial charge in [0.1, 0.15) is 0 Å². The van der Waals surface area contributed by atoms with Crippen molar-refractivity contribution in [2.45, 2.75) is 51.5 Å². The highest BCUT2D eigenvalue weighted by Gasteiger charge is 2.27. The standard InChI is InChI=1S/C20H30N2O5S/c1-5-22(6-2)28(25,26)18-9-7-17(8-10-18)20(24)27-16(4)19(23)21-13-11-15(3)12-14-21/h7-10,15-16H,5-6,11-14H2,1-4H3. The van der Waals surface area contributed by atoms with E-state index in [1.54, 1.807) is 25.7 Å². The maximum Gasteiger partial charge on any atom is 0.338 e. The third-order valence-electron chi connectivity index (χ3n) is 5.16. The van der Waals surface area contributed by atoms with Gasteiger partial charge in [0, 0.05) is 26.2 Å². The molecule has 1 heterocycles. The van der Waals surface area contributed by atoms with Crippen LogP contribution in [0, 0.1) is 5.92 Å². The highest BCUT2D eigenvalue weighted by Crippen LogP contribution is 2.19. The van der Waals surface area contributed by atoms with Crippen molar-refractivity contribution in [2.24, 2.45) is 5.92 Å². The fraction of sp³-hybridized carbons (Fsp3) is 0.600. The normalized spacial score (nSPS) is 16.8. The van der Waals surface area contributed by atoms with Crippen molar-refractivity contribution < 1.29 is 22.7 Å². The summed E-state index contributed by atoms with van der Waals surface area (Å²) in [7, 11) is -3.58. The first-order valence-electron chi connectivity index (χ1n) is 9.80. The molecule has 1 aromatic carbocycles. The predicted octanol–water partition coefficient (Wildman–Crippen LogP) is 2.52. The third kappa shape index (κ3) is 5.11. The van der Waals surface area contributed by atoms with Crippen molar-refractivity contribution in [1.29, 1.82) is 0 Å². The van der Waals surface area contributed by atoms with Crippen molar-refractivity contribution in [2.75, 3.05) is 26.2 Å². The molecule has 0 radical (unpaired) electrons. The number of carbonyl (C=O) groups excluding carboxylic acids is 2. The van der Waals surface area contributed by atoms with E-state index >= 15 is 0 Å². The molecule has 0 aromatic heterocycles. The van der Waals surface area contributed by atoms with Crippen LogP contribution in [0.3, 0.4) is 0 Å². The molecule has 1 aliphatic rings. The first kappa shape index (κ1) is 22.4. The third-order valence-corrected chi connectivity index (χ3v) is 7.22. The smallest absolute Gasteiger partial charge is 0.338 e. The van der Waals surface area contributed by atoms with E-state index in [1.807, 2.05) is 0 Å². The Morgan fingerprint density at radius 1 is 1.14 bits per heavy atom. The van der Waals surface area contributed by atoms with E-state index in [-0.39, 0.29) is 16.4 Å². The highest BCUT2D eigenvalue weighted by molar-refractivity contribution is 7.89. The van der Waals surface area contributed by atoms with E-state index in [9.17, 15) is 18.0 Å². The second-order valence-corrected chi connectivity index (χ2v) is 9.11. The van der Waals surface area contributed by atoms with E-state index in [4.69, 9.17) is 4.74 Å². The van der Waals surface area contributed by atoms with Crippen LogP contribution in [0.1, 0.15) is 50.9 Å². The molecule has 7 nitrogen and oxygen atoms in total. The van der Waals surface area contributed by atoms with E-state index in [1.165, 1.54) is 28.6 Å². The molecule has 0 saturated carbocycles. The maximum atomic E-state index is 12.5. The number of ether oxygens (including phenoxy) is 1. The lowest BCUT2D eigenvalue weighted by molar-refractivity contribution is -0.141. The summed E-state index contributed by atoms with van der Waals surface area (Å²) in [6.45, 7) is 9.38. The van der Waals surface area contributed by atoms with Gasteiger partial charge in [-0.1, -0.05) is 20.8 Å². The number of sulfonamides is 1. The highest BCUT2D eigenvalue weighted by atomic mass is 32.2. The molecule has 1 unspecified atom stereocenters. The Balaban J connectivity index is 2.02. The first-order valence-corrected chi connectivity index (χ1v) is 11.2. The van der Waals surface area contributed by atoms with Gasteiger partial charge in [0.15, 0.2) is 6.10 Å². The molecular formula is C20H30N2O5S. The number of hydrogen-bond acceptors (Lipinski definition) is 5. The lowest BCUT2D eigenvalue weighted by atomic mass is 9.99. The van der Waals surface area contributed by atoms with Crippen LogP contribution in [0.25, 0.3) is 0 Å². The Morgan fingerprint density at radius 3 is 2.18 bits per heavy atom. The van der Waals surface area contributed by atoms with Crippen molar-refractivity contribution in [3.8, 4) is 0 Å². The minimum absolute atomic E-state index is 0.124. The van der Waals surface area contributed by atoms with Crippen LogP contribution in [0.5, 0.6) is 0 Å². The van der Waals surface area contributed by atoms with Crippen LogP contribution in [0.2, 0.25) is 0 Å². The summed E-state index contributed by atoms with van der Waals surface area (Å²) >= 11 is 0. The van der Waals surface area contributed by atoms with Crippen LogP contribution in [-0.4, -0.2) is 61.8 Å². The summed E-state index contributed by atoms with van der Waals surface area (Å²) < 4.78 is 31.7. The Kier molecular flexibility index (Phi) is 7.60. The lowest BCUT2D eigenvalue weighted by Crippen LogP contribution is -2.44. The van der Waals surface area contributed by atoms with Crippen molar-refractivity contribution >= 4 is 21.9 Å². The number of benzene rings is 1. The van der Waals surface area contributed by atoms with E-state index in [2.05, 4.69) is 6.92 Å². The summed E-state index contributed by atoms with van der Waals surface area (Å²) in [5.74, 6) is -0.230. The average molecular weight is 411 g/mol. The molecule has 1 saturated heterocycles. The van der Waals surface area contributed by atoms with Crippen molar-refractivity contribution in [3.05, 3.63) is 29.8 Å². The average Bonchev–Trinajstić information content (AvgIpc) is 2.68. The van der Waals surface area contributed by atoms with Crippen LogP contribution in [0.15, 0.2) is 29.2 Å². The number of amides is 1. The molecule has 0 bridgehead atoms. The Bertz CT molecular complexity index is 779. The molecule has 1 aliphatic heterocycles. The fourth-order valence-corrected chi connectivity index (χ4v) is 4.70. The molecule has 0 N–H and O–H groups in total. The van der Waals surface area contributed by atoms with Gasteiger partial charge in [-0.25, -0.2) is 13.2 Å². The van der Waals surface area contributed by atoms with Gasteiger partial charge in [-0.05, 0) is 49.9 Å². The summed E-state index contributed by atoms with van der Waals surface area (Å²) in [5.41, 5.74) is 0.213. The molecule has 0 aliphatic carbocycles. The van der Waals surface area contributed by atoms with Gasteiger partial charge < -0.3 is 9.64 Å². The van der Waals surface area contributed by atoms with Crippen LogP contribution >= 0.6 is 0 Å². The fourth-order valence-electron chi connectivity index (χ4n) is 3.24. The van der Waals surface area contributed by atoms with Gasteiger partial charge in [-0.2, -0.15) is 4.31 Å². The number of nitrogens with zero attached hydrogens (tertiary/aromatic N) is 2. The Hall–Kier alpha value is -1.93. The molecular weight excluding hydrogens is 380 g/mol. The van der Waals surface area contributed by atoms with Crippen LogP contribution in [-0.2, 0) is 19.6 Å². The second-order valence-electron chi connectivity index (χ2n) is 7.17. The summed E-state index contributed by atoms with van der Waals surface area (Å²) in [6.07, 6.45) is 1.03. The molecule has 156 valence electrons. The SMILES string of the molecule is CCN(CC)S(=O)(=O)c1ccc(C(=O)OC(C)C(=O)N2CCC(C)CC2)cc1. The van der Waals surface area contributed by atoms with Gasteiger partial charge >= 0.3 is 5.97 Å². The summed E-state index contributed by atoms with van der Waals surface area (Å²) in [4.78, 5) is 26.7. The van der Waals surface area contributed by atoms with Crippen LogP contribution < -0.4 is 0 Å². The molecule has 2 rings (SSSR count). The van der Waals surface area contributed by atoms with Crippen molar-refractivity contribution in [1.82, 2.24) is 9.21 Å². The zero-order valence-electron chi connectivity index (χ0n) is 17.1. The van der Waals surface area contributed by atoms with Crippen molar-refractivity contribution in [3.63, 3.8) is 0 Å². The minimum atomic E-state index is -3.58. The Labute approximate surface area is 167 Å². The largest absolute Gasteiger partial charge is 0.449 e. The number of hydrogen-bond donors (Lipinski definition) is 0. The van der Waals surface area contributed by atoms with Crippen LogP contribution in [0.4, 0.5) is 0 Å². The number of esters is 1. The lowest BCUT2D eigenvalue weighted by Gasteiger charge is -2.31. The molecule has 1 aromatic rings. The topological polar surface area (TPSA) is 84.0 Å². The molecule has 0 spiro atoms. The first-order chi connectivity index (χ1) is 13.2. The second kappa shape index (κ2) is 9.52. The quantitative estimate of drug-likeness (QED) is 0.645. The van der Waals surface area contributed by atoms with E-state index < -0.39 is 22.1 Å². The number of piperidine rings is 1. The molecule has 8 heteroatoms. The maximum absolute atomic E-state index is 12.5. The zero-order chi connectivity index (χ0) is 20.9. The molecule has 1 fully saturated rings. The number of rotatable bonds is 7. The van der Waals surface area contributed by atoms with E-state index in [0.29, 0.717) is 32.1 Å². The summed E-state index contributed by atoms with van der Waals surface area (Å²) in [6, 6.07) is 5.61. The predicted molar refractivity (Wildman–Crippen MR) is 106 cm³/mol. The molecule has 1 amide bonds. The Morgan fingerprint density at radius 2 is 1.68 bits per heavy atom.